The molecule has 0 radical (unpaired) electrons. The molecule has 1 aliphatic carbocycles. The number of carbonyl (C=O) groups is 1. The molecule has 3 N–H and O–H groups in total. The van der Waals surface area contributed by atoms with Gasteiger partial charge in [0, 0.05) is 31.1 Å². The van der Waals surface area contributed by atoms with Gasteiger partial charge in [0.2, 0.25) is 0 Å². The summed E-state index contributed by atoms with van der Waals surface area (Å²) in [5.41, 5.74) is 0. The molecule has 27 heavy (non-hydrogen) atoms. The molecule has 5 nitrogen and oxygen atoms in total. The van der Waals surface area contributed by atoms with E-state index in [4.69, 9.17) is 9.84 Å². The number of aliphatic carboxylic acids is 1. The molecule has 0 bridgehead atoms. The van der Waals surface area contributed by atoms with Crippen LogP contribution in [-0.2, 0) is 9.53 Å². The van der Waals surface area contributed by atoms with Crippen molar-refractivity contribution in [2.45, 2.75) is 95.9 Å². The molecule has 5 heteroatoms. The monoisotopic (exact) mass is 380 g/mol. The third kappa shape index (κ3) is 7.30. The summed E-state index contributed by atoms with van der Waals surface area (Å²) in [6, 6.07) is 0. The molecular formula is C22H36O5. The SMILES string of the molecule is CCCCC[C@H](O)/C=C/[C@@H]1[C@H]2C/C(=C/CCCCCC(=O)O)O[C@H]2C[C@H]1O. The second-order valence-corrected chi connectivity index (χ2v) is 8.02. The molecule has 0 aromatic carbocycles. The van der Waals surface area contributed by atoms with E-state index in [0.717, 1.165) is 63.5 Å². The Hall–Kier alpha value is -1.33. The zero-order chi connectivity index (χ0) is 19.6. The van der Waals surface area contributed by atoms with Crippen LogP contribution in [0.4, 0.5) is 0 Å². The van der Waals surface area contributed by atoms with Gasteiger partial charge in [-0.15, -0.1) is 0 Å². The molecule has 1 heterocycles. The van der Waals surface area contributed by atoms with Crippen LogP contribution in [0.2, 0.25) is 0 Å². The fourth-order valence-corrected chi connectivity index (χ4v) is 4.20. The van der Waals surface area contributed by atoms with Crippen molar-refractivity contribution in [2.75, 3.05) is 0 Å². The number of aliphatic hydroxyl groups excluding tert-OH is 2. The summed E-state index contributed by atoms with van der Waals surface area (Å²) in [6.07, 6.45) is 14.6. The highest BCUT2D eigenvalue weighted by atomic mass is 16.5. The Morgan fingerprint density at radius 3 is 2.81 bits per heavy atom. The lowest BCUT2D eigenvalue weighted by Gasteiger charge is -2.16. The minimum absolute atomic E-state index is 0.0530. The zero-order valence-corrected chi connectivity index (χ0v) is 16.6. The highest BCUT2D eigenvalue weighted by Gasteiger charge is 2.46. The smallest absolute Gasteiger partial charge is 0.303 e. The molecule has 0 amide bonds. The summed E-state index contributed by atoms with van der Waals surface area (Å²) in [5, 5.41) is 29.1. The van der Waals surface area contributed by atoms with E-state index in [1.165, 1.54) is 0 Å². The maximum atomic E-state index is 10.5. The van der Waals surface area contributed by atoms with Gasteiger partial charge in [0.05, 0.1) is 18.0 Å². The first kappa shape index (κ1) is 22.0. The van der Waals surface area contributed by atoms with Crippen molar-refractivity contribution in [3.63, 3.8) is 0 Å². The molecule has 1 saturated carbocycles. The number of unbranched alkanes of at least 4 members (excludes halogenated alkanes) is 5. The van der Waals surface area contributed by atoms with Crippen LogP contribution < -0.4 is 0 Å². The standard InChI is InChI=1S/C22H36O5/c1-2-3-6-9-16(23)12-13-18-19-14-17(27-21(19)15-20(18)24)10-7-4-5-8-11-22(25)26/h10,12-13,16,18-21,23-24H,2-9,11,14-15H2,1H3,(H,25,26)/b13-12+,17-10-/t16-,18+,19+,20+,21-/m0/s1. The lowest BCUT2D eigenvalue weighted by Crippen LogP contribution is -2.18. The topological polar surface area (TPSA) is 87.0 Å². The maximum Gasteiger partial charge on any atom is 0.303 e. The second kappa shape index (κ2) is 11.5. The molecule has 2 aliphatic rings. The number of ether oxygens (including phenoxy) is 1. The van der Waals surface area contributed by atoms with Gasteiger partial charge >= 0.3 is 5.97 Å². The largest absolute Gasteiger partial charge is 0.495 e. The predicted octanol–water partition coefficient (Wildman–Crippen LogP) is 4.19. The van der Waals surface area contributed by atoms with Gasteiger partial charge in [-0.25, -0.2) is 0 Å². The lowest BCUT2D eigenvalue weighted by atomic mass is 9.90. The van der Waals surface area contributed by atoms with Crippen molar-refractivity contribution < 1.29 is 24.9 Å². The first-order chi connectivity index (χ1) is 13.0. The first-order valence-corrected chi connectivity index (χ1v) is 10.6. The van der Waals surface area contributed by atoms with Gasteiger partial charge in [-0.3, -0.25) is 4.79 Å². The van der Waals surface area contributed by atoms with Crippen LogP contribution in [0.15, 0.2) is 24.0 Å². The molecule has 0 spiro atoms. The van der Waals surface area contributed by atoms with Crippen molar-refractivity contribution in [2.24, 2.45) is 11.8 Å². The summed E-state index contributed by atoms with van der Waals surface area (Å²) >= 11 is 0. The summed E-state index contributed by atoms with van der Waals surface area (Å²) in [4.78, 5) is 10.5. The Kier molecular flexibility index (Phi) is 9.35. The third-order valence-electron chi connectivity index (χ3n) is 5.76. The highest BCUT2D eigenvalue weighted by molar-refractivity contribution is 5.66. The molecule has 0 aromatic rings. The van der Waals surface area contributed by atoms with Crippen LogP contribution in [0.5, 0.6) is 0 Å². The van der Waals surface area contributed by atoms with Gasteiger partial charge in [-0.1, -0.05) is 44.8 Å². The Labute approximate surface area is 163 Å². The van der Waals surface area contributed by atoms with E-state index in [9.17, 15) is 15.0 Å². The van der Waals surface area contributed by atoms with E-state index in [2.05, 4.69) is 13.0 Å². The Morgan fingerprint density at radius 2 is 2.07 bits per heavy atom. The van der Waals surface area contributed by atoms with E-state index < -0.39 is 18.2 Å². The Balaban J connectivity index is 1.75. The number of fused-ring (bicyclic) bond motifs is 1. The molecule has 154 valence electrons. The molecular weight excluding hydrogens is 344 g/mol. The molecule has 2 rings (SSSR count). The van der Waals surface area contributed by atoms with Gasteiger partial charge in [0.15, 0.2) is 0 Å². The average Bonchev–Trinajstić information content (AvgIpc) is 3.12. The summed E-state index contributed by atoms with van der Waals surface area (Å²) in [6.45, 7) is 2.15. The van der Waals surface area contributed by atoms with Crippen LogP contribution in [0.25, 0.3) is 0 Å². The van der Waals surface area contributed by atoms with Gasteiger partial charge in [-0.05, 0) is 31.8 Å². The van der Waals surface area contributed by atoms with Crippen molar-refractivity contribution in [3.05, 3.63) is 24.0 Å². The summed E-state index contributed by atoms with van der Waals surface area (Å²) in [7, 11) is 0. The molecule has 1 aliphatic heterocycles. The third-order valence-corrected chi connectivity index (χ3v) is 5.76. The summed E-state index contributed by atoms with van der Waals surface area (Å²) in [5.74, 6) is 0.625. The number of hydrogen-bond donors (Lipinski definition) is 3. The quantitative estimate of drug-likeness (QED) is 0.349. The number of hydrogen-bond acceptors (Lipinski definition) is 4. The predicted molar refractivity (Wildman–Crippen MR) is 105 cm³/mol. The second-order valence-electron chi connectivity index (χ2n) is 8.02. The van der Waals surface area contributed by atoms with Gasteiger partial charge in [-0.2, -0.15) is 0 Å². The molecule has 5 atom stereocenters. The molecule has 0 aromatic heterocycles. The minimum atomic E-state index is -0.728. The highest BCUT2D eigenvalue weighted by Crippen LogP contribution is 2.45. The fraction of sp³-hybridized carbons (Fsp3) is 0.773. The van der Waals surface area contributed by atoms with E-state index in [-0.39, 0.29) is 24.4 Å². The Bertz CT molecular complexity index is 513. The van der Waals surface area contributed by atoms with E-state index in [0.29, 0.717) is 6.42 Å². The Morgan fingerprint density at radius 1 is 1.26 bits per heavy atom. The fourth-order valence-electron chi connectivity index (χ4n) is 4.20. The minimum Gasteiger partial charge on any atom is -0.495 e. The number of aliphatic hydroxyl groups is 2. The van der Waals surface area contributed by atoms with Crippen LogP contribution in [0.3, 0.4) is 0 Å². The van der Waals surface area contributed by atoms with Crippen molar-refractivity contribution >= 4 is 5.97 Å². The average molecular weight is 381 g/mol. The normalized spacial score (nSPS) is 30.0. The van der Waals surface area contributed by atoms with E-state index >= 15 is 0 Å². The summed E-state index contributed by atoms with van der Waals surface area (Å²) < 4.78 is 6.03. The number of carboxylic acids is 1. The van der Waals surface area contributed by atoms with E-state index in [1.807, 2.05) is 12.2 Å². The molecule has 2 fully saturated rings. The van der Waals surface area contributed by atoms with E-state index in [1.54, 1.807) is 0 Å². The van der Waals surface area contributed by atoms with Crippen molar-refractivity contribution in [1.82, 2.24) is 0 Å². The molecule has 0 unspecified atom stereocenters. The van der Waals surface area contributed by atoms with Crippen molar-refractivity contribution in [1.29, 1.82) is 0 Å². The van der Waals surface area contributed by atoms with Crippen molar-refractivity contribution in [3.8, 4) is 0 Å². The molecule has 1 saturated heterocycles. The number of carboxylic acid groups (broad SMARTS) is 1. The van der Waals surface area contributed by atoms with Gasteiger partial charge < -0.3 is 20.1 Å². The van der Waals surface area contributed by atoms with Gasteiger partial charge in [0.1, 0.15) is 6.10 Å². The van der Waals surface area contributed by atoms with Crippen LogP contribution in [0.1, 0.15) is 77.6 Å². The van der Waals surface area contributed by atoms with Gasteiger partial charge in [0.25, 0.3) is 0 Å². The zero-order valence-electron chi connectivity index (χ0n) is 16.6. The first-order valence-electron chi connectivity index (χ1n) is 10.6. The van der Waals surface area contributed by atoms with Crippen LogP contribution in [-0.4, -0.2) is 39.6 Å². The lowest BCUT2D eigenvalue weighted by molar-refractivity contribution is -0.137. The maximum absolute atomic E-state index is 10.5. The van der Waals surface area contributed by atoms with Crippen LogP contribution >= 0.6 is 0 Å². The number of rotatable bonds is 12. The number of allylic oxidation sites excluding steroid dienone is 2. The van der Waals surface area contributed by atoms with Crippen LogP contribution in [0, 0.1) is 11.8 Å².